The van der Waals surface area contributed by atoms with Crippen molar-refractivity contribution in [2.24, 2.45) is 5.73 Å². The van der Waals surface area contributed by atoms with E-state index in [2.05, 4.69) is 0 Å². The largest absolute Gasteiger partial charge is 0.419 e. The minimum atomic E-state index is -4.68. The summed E-state index contributed by atoms with van der Waals surface area (Å²) in [5.74, 6) is -1.26. The minimum absolute atomic E-state index is 0. The molecule has 2 N–H and O–H groups in total. The van der Waals surface area contributed by atoms with E-state index in [1.807, 2.05) is 6.92 Å². The number of alkyl halides is 3. The average Bonchev–Trinajstić information content (AvgIpc) is 2.28. The van der Waals surface area contributed by atoms with Crippen LogP contribution < -0.4 is 5.73 Å². The number of hydrogen-bond acceptors (Lipinski definition) is 1. The van der Waals surface area contributed by atoms with Gasteiger partial charge in [0, 0.05) is 6.04 Å². The molecule has 1 nitrogen and oxygen atoms in total. The molecule has 0 amide bonds. The predicted molar refractivity (Wildman–Crippen MR) is 69.7 cm³/mol. The zero-order valence-electron chi connectivity index (χ0n) is 10.6. The van der Waals surface area contributed by atoms with Gasteiger partial charge in [0.1, 0.15) is 5.82 Å². The number of unbranched alkanes of at least 4 members (excludes halogenated alkanes) is 2. The third-order valence-corrected chi connectivity index (χ3v) is 2.84. The molecule has 6 heteroatoms. The zero-order valence-corrected chi connectivity index (χ0v) is 11.5. The molecule has 0 aliphatic rings. The highest BCUT2D eigenvalue weighted by atomic mass is 35.5. The third kappa shape index (κ3) is 5.37. The van der Waals surface area contributed by atoms with E-state index in [0.717, 1.165) is 31.4 Å². The Bertz CT molecular complexity index is 393. The number of halogens is 5. The Labute approximate surface area is 116 Å². The van der Waals surface area contributed by atoms with Gasteiger partial charge in [-0.05, 0) is 24.1 Å². The second-order valence-electron chi connectivity index (χ2n) is 4.34. The molecule has 0 aliphatic heterocycles. The first kappa shape index (κ1) is 18.2. The Balaban J connectivity index is 0.00000324. The summed E-state index contributed by atoms with van der Waals surface area (Å²) in [5.41, 5.74) is 4.90. The standard InChI is InChI=1S/C13H17F4N.ClH/c1-2-3-4-5-12(18)9-6-7-11(14)10(8-9)13(15,16)17;/h6-8,12H,2-5,18H2,1H3;1H/t12-;/m1./s1. The van der Waals surface area contributed by atoms with Gasteiger partial charge in [0.15, 0.2) is 0 Å². The second kappa shape index (κ2) is 7.70. The quantitative estimate of drug-likeness (QED) is 0.610. The first-order valence-corrected chi connectivity index (χ1v) is 5.98. The molecule has 0 saturated heterocycles. The molecule has 0 aromatic heterocycles. The Morgan fingerprint density at radius 3 is 2.37 bits per heavy atom. The number of hydrogen-bond donors (Lipinski definition) is 1. The van der Waals surface area contributed by atoms with Crippen molar-refractivity contribution in [1.29, 1.82) is 0 Å². The van der Waals surface area contributed by atoms with E-state index in [0.29, 0.717) is 12.0 Å². The predicted octanol–water partition coefficient (Wildman–Crippen LogP) is 4.85. The topological polar surface area (TPSA) is 26.0 Å². The second-order valence-corrected chi connectivity index (χ2v) is 4.34. The lowest BCUT2D eigenvalue weighted by Crippen LogP contribution is -2.14. The lowest BCUT2D eigenvalue weighted by molar-refractivity contribution is -0.140. The van der Waals surface area contributed by atoms with Crippen molar-refractivity contribution in [3.63, 3.8) is 0 Å². The van der Waals surface area contributed by atoms with Gasteiger partial charge < -0.3 is 5.73 Å². The molecular formula is C13H18ClF4N. The monoisotopic (exact) mass is 299 g/mol. The van der Waals surface area contributed by atoms with Crippen LogP contribution in [0.25, 0.3) is 0 Å². The van der Waals surface area contributed by atoms with Gasteiger partial charge in [0.25, 0.3) is 0 Å². The summed E-state index contributed by atoms with van der Waals surface area (Å²) in [6.07, 6.45) is -1.21. The van der Waals surface area contributed by atoms with E-state index in [1.165, 1.54) is 6.07 Å². The number of rotatable bonds is 5. The Morgan fingerprint density at radius 1 is 1.21 bits per heavy atom. The van der Waals surface area contributed by atoms with Gasteiger partial charge in [-0.2, -0.15) is 13.2 Å². The van der Waals surface area contributed by atoms with Crippen molar-refractivity contribution in [3.8, 4) is 0 Å². The molecule has 1 aromatic rings. The van der Waals surface area contributed by atoms with Crippen molar-refractivity contribution in [2.75, 3.05) is 0 Å². The van der Waals surface area contributed by atoms with Crippen molar-refractivity contribution in [3.05, 3.63) is 35.1 Å². The van der Waals surface area contributed by atoms with Crippen LogP contribution in [0.1, 0.15) is 49.8 Å². The molecule has 1 aromatic carbocycles. The van der Waals surface area contributed by atoms with E-state index >= 15 is 0 Å². The van der Waals surface area contributed by atoms with E-state index < -0.39 is 23.6 Å². The molecule has 0 bridgehead atoms. The lowest BCUT2D eigenvalue weighted by Gasteiger charge is -2.15. The van der Waals surface area contributed by atoms with E-state index in [1.54, 1.807) is 0 Å². The van der Waals surface area contributed by atoms with Crippen LogP contribution in [0.3, 0.4) is 0 Å². The molecule has 0 radical (unpaired) electrons. The Kier molecular flexibility index (Phi) is 7.37. The van der Waals surface area contributed by atoms with Crippen LogP contribution in [-0.2, 0) is 6.18 Å². The van der Waals surface area contributed by atoms with Crippen LogP contribution in [0.2, 0.25) is 0 Å². The summed E-state index contributed by atoms with van der Waals surface area (Å²) in [6.45, 7) is 2.03. The molecule has 1 rings (SSSR count). The summed E-state index contributed by atoms with van der Waals surface area (Å²) < 4.78 is 50.6. The highest BCUT2D eigenvalue weighted by molar-refractivity contribution is 5.85. The fraction of sp³-hybridized carbons (Fsp3) is 0.538. The number of benzene rings is 1. The Hall–Kier alpha value is -0.810. The molecule has 0 aliphatic carbocycles. The van der Waals surface area contributed by atoms with E-state index in [4.69, 9.17) is 5.73 Å². The fourth-order valence-electron chi connectivity index (χ4n) is 1.77. The molecule has 19 heavy (non-hydrogen) atoms. The van der Waals surface area contributed by atoms with Crippen LogP contribution >= 0.6 is 12.4 Å². The van der Waals surface area contributed by atoms with Crippen molar-refractivity contribution in [1.82, 2.24) is 0 Å². The summed E-state index contributed by atoms with van der Waals surface area (Å²) in [4.78, 5) is 0. The van der Waals surface area contributed by atoms with Crippen molar-refractivity contribution in [2.45, 2.75) is 44.8 Å². The molecule has 0 heterocycles. The Morgan fingerprint density at radius 2 is 1.84 bits per heavy atom. The van der Waals surface area contributed by atoms with Crippen LogP contribution in [0.5, 0.6) is 0 Å². The van der Waals surface area contributed by atoms with Gasteiger partial charge in [-0.3, -0.25) is 0 Å². The first-order valence-electron chi connectivity index (χ1n) is 5.98. The van der Waals surface area contributed by atoms with Gasteiger partial charge in [-0.15, -0.1) is 12.4 Å². The van der Waals surface area contributed by atoms with Gasteiger partial charge in [0.2, 0.25) is 0 Å². The maximum absolute atomic E-state index is 13.1. The molecule has 0 unspecified atom stereocenters. The van der Waals surface area contributed by atoms with Gasteiger partial charge in [-0.25, -0.2) is 4.39 Å². The van der Waals surface area contributed by atoms with E-state index in [9.17, 15) is 17.6 Å². The molecule has 110 valence electrons. The third-order valence-electron chi connectivity index (χ3n) is 2.84. The molecular weight excluding hydrogens is 282 g/mol. The molecule has 1 atom stereocenters. The van der Waals surface area contributed by atoms with Crippen LogP contribution in [-0.4, -0.2) is 0 Å². The summed E-state index contributed by atoms with van der Waals surface area (Å²) in [6, 6.07) is 2.49. The zero-order chi connectivity index (χ0) is 13.8. The van der Waals surface area contributed by atoms with Crippen molar-refractivity contribution < 1.29 is 17.6 Å². The smallest absolute Gasteiger partial charge is 0.324 e. The van der Waals surface area contributed by atoms with Gasteiger partial charge in [-0.1, -0.05) is 32.3 Å². The number of nitrogens with two attached hydrogens (primary N) is 1. The summed E-state index contributed by atoms with van der Waals surface area (Å²) in [5, 5.41) is 0. The lowest BCUT2D eigenvalue weighted by atomic mass is 9.99. The molecule has 0 spiro atoms. The highest BCUT2D eigenvalue weighted by Gasteiger charge is 2.34. The van der Waals surface area contributed by atoms with Crippen LogP contribution in [0.15, 0.2) is 18.2 Å². The first-order chi connectivity index (χ1) is 8.36. The average molecular weight is 300 g/mol. The summed E-state index contributed by atoms with van der Waals surface area (Å²) in [7, 11) is 0. The maximum atomic E-state index is 13.1. The molecule has 0 fully saturated rings. The minimum Gasteiger partial charge on any atom is -0.324 e. The van der Waals surface area contributed by atoms with Gasteiger partial charge >= 0.3 is 6.18 Å². The normalized spacial score (nSPS) is 12.9. The SMILES string of the molecule is CCCCC[C@@H](N)c1ccc(F)c(C(F)(F)F)c1.Cl. The van der Waals surface area contributed by atoms with E-state index in [-0.39, 0.29) is 12.4 Å². The van der Waals surface area contributed by atoms with Crippen LogP contribution in [0, 0.1) is 5.82 Å². The van der Waals surface area contributed by atoms with Crippen molar-refractivity contribution >= 4 is 12.4 Å². The summed E-state index contributed by atoms with van der Waals surface area (Å²) >= 11 is 0. The van der Waals surface area contributed by atoms with Crippen LogP contribution in [0.4, 0.5) is 17.6 Å². The highest BCUT2D eigenvalue weighted by Crippen LogP contribution is 2.33. The maximum Gasteiger partial charge on any atom is 0.419 e. The van der Waals surface area contributed by atoms with Gasteiger partial charge in [0.05, 0.1) is 5.56 Å². The molecule has 0 saturated carbocycles. The fourth-order valence-corrected chi connectivity index (χ4v) is 1.77.